The van der Waals surface area contributed by atoms with E-state index < -0.39 is 5.91 Å². The smallest absolute Gasteiger partial charge is 0.254 e. The van der Waals surface area contributed by atoms with Crippen molar-refractivity contribution >= 4 is 11.7 Å². The molecular formula is C14H16N4O. The van der Waals surface area contributed by atoms with Gasteiger partial charge in [-0.2, -0.15) is 5.10 Å². The number of anilines is 1. The van der Waals surface area contributed by atoms with E-state index in [-0.39, 0.29) is 11.7 Å². The van der Waals surface area contributed by atoms with E-state index >= 15 is 0 Å². The summed E-state index contributed by atoms with van der Waals surface area (Å²) in [6, 6.07) is 8.37. The van der Waals surface area contributed by atoms with Crippen molar-refractivity contribution in [2.24, 2.45) is 5.73 Å². The number of H-pyrrole nitrogens is 1. The first kappa shape index (κ1) is 11.8. The molecule has 5 N–H and O–H groups in total. The second kappa shape index (κ2) is 4.42. The molecule has 1 amide bonds. The molecule has 1 unspecified atom stereocenters. The maximum Gasteiger partial charge on any atom is 0.254 e. The van der Waals surface area contributed by atoms with Gasteiger partial charge >= 0.3 is 0 Å². The van der Waals surface area contributed by atoms with Gasteiger partial charge in [0.05, 0.1) is 5.69 Å². The van der Waals surface area contributed by atoms with Crippen molar-refractivity contribution in [2.75, 3.05) is 5.73 Å². The molecule has 0 radical (unpaired) electrons. The predicted octanol–water partition coefficient (Wildman–Crippen LogP) is 1.36. The molecule has 0 bridgehead atoms. The molecule has 98 valence electrons. The van der Waals surface area contributed by atoms with Crippen LogP contribution in [0, 0.1) is 0 Å². The van der Waals surface area contributed by atoms with E-state index in [2.05, 4.69) is 28.4 Å². The summed E-state index contributed by atoms with van der Waals surface area (Å²) in [4.78, 5) is 11.5. The van der Waals surface area contributed by atoms with Crippen molar-refractivity contribution in [1.82, 2.24) is 10.2 Å². The molecule has 19 heavy (non-hydrogen) atoms. The van der Waals surface area contributed by atoms with E-state index in [1.54, 1.807) is 0 Å². The highest BCUT2D eigenvalue weighted by molar-refractivity contribution is 5.98. The number of nitrogens with one attached hydrogen (secondary N) is 1. The van der Waals surface area contributed by atoms with Crippen LogP contribution in [0.2, 0.25) is 0 Å². The minimum atomic E-state index is -0.514. The highest BCUT2D eigenvalue weighted by Crippen LogP contribution is 2.34. The van der Waals surface area contributed by atoms with Crippen LogP contribution >= 0.6 is 0 Å². The van der Waals surface area contributed by atoms with E-state index in [1.807, 2.05) is 6.07 Å². The average Bonchev–Trinajstić information content (AvgIpc) is 2.80. The van der Waals surface area contributed by atoms with E-state index in [1.165, 1.54) is 11.1 Å². The molecule has 1 aliphatic rings. The van der Waals surface area contributed by atoms with Crippen LogP contribution in [0.4, 0.5) is 5.82 Å². The Morgan fingerprint density at radius 2 is 2.05 bits per heavy atom. The van der Waals surface area contributed by atoms with Gasteiger partial charge in [0, 0.05) is 5.92 Å². The fraction of sp³-hybridized carbons (Fsp3) is 0.286. The zero-order valence-electron chi connectivity index (χ0n) is 10.5. The van der Waals surface area contributed by atoms with Crippen molar-refractivity contribution < 1.29 is 4.79 Å². The number of nitrogens with two attached hydrogens (primary N) is 2. The largest absolute Gasteiger partial charge is 0.383 e. The second-order valence-electron chi connectivity index (χ2n) is 4.97. The molecule has 1 aliphatic carbocycles. The van der Waals surface area contributed by atoms with Crippen LogP contribution in [0.5, 0.6) is 0 Å². The highest BCUT2D eigenvalue weighted by atomic mass is 16.1. The van der Waals surface area contributed by atoms with Crippen molar-refractivity contribution in [1.29, 1.82) is 0 Å². The van der Waals surface area contributed by atoms with Crippen LogP contribution in [0.15, 0.2) is 24.3 Å². The standard InChI is InChI=1S/C14H16N4O/c15-13-11(14(16)19)12(17-18-13)10-6-5-8-3-1-2-4-9(8)7-10/h1-4,10H,5-7H2,(H2,16,19)(H3,15,17,18). The third kappa shape index (κ3) is 1.97. The average molecular weight is 256 g/mol. The molecule has 1 aromatic carbocycles. The number of nitrogens with zero attached hydrogens (tertiary/aromatic N) is 1. The lowest BCUT2D eigenvalue weighted by Crippen LogP contribution is -2.19. The summed E-state index contributed by atoms with van der Waals surface area (Å²) < 4.78 is 0. The van der Waals surface area contributed by atoms with Crippen LogP contribution in [-0.2, 0) is 12.8 Å². The fourth-order valence-corrected chi connectivity index (χ4v) is 2.86. The van der Waals surface area contributed by atoms with Gasteiger partial charge in [0.15, 0.2) is 0 Å². The number of rotatable bonds is 2. The number of amides is 1. The number of benzene rings is 1. The van der Waals surface area contributed by atoms with E-state index in [0.29, 0.717) is 11.3 Å². The van der Waals surface area contributed by atoms with Crippen molar-refractivity contribution in [2.45, 2.75) is 25.2 Å². The molecule has 3 rings (SSSR count). The van der Waals surface area contributed by atoms with Crippen LogP contribution < -0.4 is 11.5 Å². The Morgan fingerprint density at radius 1 is 1.32 bits per heavy atom. The minimum Gasteiger partial charge on any atom is -0.383 e. The molecule has 5 heteroatoms. The Hall–Kier alpha value is -2.30. The zero-order chi connectivity index (χ0) is 13.4. The van der Waals surface area contributed by atoms with E-state index in [0.717, 1.165) is 19.3 Å². The van der Waals surface area contributed by atoms with Crippen LogP contribution in [0.1, 0.15) is 39.5 Å². The molecule has 1 heterocycles. The number of carbonyl (C=O) groups is 1. The minimum absolute atomic E-state index is 0.200. The summed E-state index contributed by atoms with van der Waals surface area (Å²) in [5.41, 5.74) is 14.9. The Labute approximate surface area is 111 Å². The first-order valence-corrected chi connectivity index (χ1v) is 6.37. The maximum absolute atomic E-state index is 11.5. The lowest BCUT2D eigenvalue weighted by atomic mass is 9.81. The molecule has 1 atom stereocenters. The molecular weight excluding hydrogens is 240 g/mol. The molecule has 0 saturated heterocycles. The molecule has 0 saturated carbocycles. The molecule has 2 aromatic rings. The SMILES string of the molecule is NC(=O)c1c(C2CCc3ccccc3C2)n[nH]c1N. The number of primary amides is 1. The number of hydrogen-bond acceptors (Lipinski definition) is 3. The topological polar surface area (TPSA) is 97.8 Å². The second-order valence-corrected chi connectivity index (χ2v) is 4.97. The Kier molecular flexibility index (Phi) is 2.74. The maximum atomic E-state index is 11.5. The Balaban J connectivity index is 1.96. The monoisotopic (exact) mass is 256 g/mol. The quantitative estimate of drug-likeness (QED) is 0.756. The summed E-state index contributed by atoms with van der Waals surface area (Å²) in [5.74, 6) is -0.0487. The number of aromatic amines is 1. The molecule has 5 nitrogen and oxygen atoms in total. The zero-order valence-corrected chi connectivity index (χ0v) is 10.5. The van der Waals surface area contributed by atoms with Gasteiger partial charge < -0.3 is 11.5 Å². The van der Waals surface area contributed by atoms with Gasteiger partial charge in [-0.1, -0.05) is 24.3 Å². The Morgan fingerprint density at radius 3 is 2.79 bits per heavy atom. The van der Waals surface area contributed by atoms with E-state index in [4.69, 9.17) is 11.5 Å². The first-order valence-electron chi connectivity index (χ1n) is 6.37. The summed E-state index contributed by atoms with van der Waals surface area (Å²) in [7, 11) is 0. The number of aryl methyl sites for hydroxylation is 1. The number of nitrogen functional groups attached to an aromatic ring is 1. The van der Waals surface area contributed by atoms with Gasteiger partial charge in [-0.05, 0) is 30.4 Å². The third-order valence-electron chi connectivity index (χ3n) is 3.80. The van der Waals surface area contributed by atoms with Gasteiger partial charge in [-0.25, -0.2) is 0 Å². The van der Waals surface area contributed by atoms with Crippen molar-refractivity contribution in [3.63, 3.8) is 0 Å². The fourth-order valence-electron chi connectivity index (χ4n) is 2.86. The van der Waals surface area contributed by atoms with Crippen LogP contribution in [0.3, 0.4) is 0 Å². The molecule has 0 spiro atoms. The van der Waals surface area contributed by atoms with Gasteiger partial charge in [0.1, 0.15) is 11.4 Å². The van der Waals surface area contributed by atoms with Gasteiger partial charge in [0.2, 0.25) is 0 Å². The van der Waals surface area contributed by atoms with Gasteiger partial charge in [0.25, 0.3) is 5.91 Å². The number of aromatic nitrogens is 2. The highest BCUT2D eigenvalue weighted by Gasteiger charge is 2.27. The summed E-state index contributed by atoms with van der Waals surface area (Å²) in [6.07, 6.45) is 2.83. The molecule has 0 fully saturated rings. The summed E-state index contributed by atoms with van der Waals surface area (Å²) >= 11 is 0. The first-order chi connectivity index (χ1) is 9.16. The predicted molar refractivity (Wildman–Crippen MR) is 72.7 cm³/mol. The number of hydrogen-bond donors (Lipinski definition) is 3. The molecule has 0 aliphatic heterocycles. The summed E-state index contributed by atoms with van der Waals surface area (Å²) in [5, 5.41) is 6.85. The van der Waals surface area contributed by atoms with E-state index in [9.17, 15) is 4.79 Å². The molecule has 1 aromatic heterocycles. The van der Waals surface area contributed by atoms with Crippen molar-refractivity contribution in [3.8, 4) is 0 Å². The van der Waals surface area contributed by atoms with Crippen LogP contribution in [-0.4, -0.2) is 16.1 Å². The number of fused-ring (bicyclic) bond motifs is 1. The normalized spacial score (nSPS) is 18.0. The van der Waals surface area contributed by atoms with Crippen LogP contribution in [0.25, 0.3) is 0 Å². The lowest BCUT2D eigenvalue weighted by molar-refractivity contribution is 0.0999. The van der Waals surface area contributed by atoms with Gasteiger partial charge in [-0.3, -0.25) is 9.89 Å². The summed E-state index contributed by atoms with van der Waals surface area (Å²) in [6.45, 7) is 0. The third-order valence-corrected chi connectivity index (χ3v) is 3.80. The Bertz CT molecular complexity index is 632. The number of carbonyl (C=O) groups excluding carboxylic acids is 1. The van der Waals surface area contributed by atoms with Crippen molar-refractivity contribution in [3.05, 3.63) is 46.6 Å². The lowest BCUT2D eigenvalue weighted by Gasteiger charge is -2.23. The van der Waals surface area contributed by atoms with Gasteiger partial charge in [-0.15, -0.1) is 0 Å².